The van der Waals surface area contributed by atoms with Gasteiger partial charge >= 0.3 is 5.69 Å². The van der Waals surface area contributed by atoms with E-state index in [0.717, 1.165) is 18.4 Å². The highest BCUT2D eigenvalue weighted by atomic mass is 16.6. The molecule has 36 heavy (non-hydrogen) atoms. The molecule has 10 nitrogen and oxygen atoms in total. The first-order valence-electron chi connectivity index (χ1n) is 11.5. The van der Waals surface area contributed by atoms with Crippen LogP contribution < -0.4 is 10.5 Å². The summed E-state index contributed by atoms with van der Waals surface area (Å²) in [6.07, 6.45) is 4.37. The Labute approximate surface area is 208 Å². The summed E-state index contributed by atoms with van der Waals surface area (Å²) in [5.41, 5.74) is 7.75. The summed E-state index contributed by atoms with van der Waals surface area (Å²) in [5.74, 6) is -0.281. The van der Waals surface area contributed by atoms with Crippen LogP contribution in [0, 0.1) is 69.3 Å². The molecule has 0 fully saturated rings. The third-order valence-electron chi connectivity index (χ3n) is 7.31. The Hall–Kier alpha value is -4.62. The highest BCUT2D eigenvalue weighted by Gasteiger charge is 2.53. The molecule has 4 rings (SSSR count). The average molecular weight is 484 g/mol. The van der Waals surface area contributed by atoms with E-state index in [1.807, 2.05) is 18.2 Å². The summed E-state index contributed by atoms with van der Waals surface area (Å²) in [6.45, 7) is 3.42. The minimum atomic E-state index is -1.72. The summed E-state index contributed by atoms with van der Waals surface area (Å²) in [6, 6.07) is 11.9. The van der Waals surface area contributed by atoms with E-state index < -0.39 is 16.3 Å². The second kappa shape index (κ2) is 9.20. The second-order valence-corrected chi connectivity index (χ2v) is 9.11. The Morgan fingerprint density at radius 3 is 2.61 bits per heavy atom. The Kier molecular flexibility index (Phi) is 6.26. The van der Waals surface area contributed by atoms with E-state index in [0.29, 0.717) is 34.7 Å². The lowest BCUT2D eigenvalue weighted by molar-refractivity contribution is -0.386. The van der Waals surface area contributed by atoms with E-state index >= 15 is 0 Å². The van der Waals surface area contributed by atoms with Crippen LogP contribution in [0.25, 0.3) is 0 Å². The monoisotopic (exact) mass is 483 g/mol. The number of aromatic nitrogens is 2. The first kappa shape index (κ1) is 24.5. The molecule has 2 atom stereocenters. The molecule has 1 aromatic heterocycles. The van der Waals surface area contributed by atoms with Crippen LogP contribution in [0.15, 0.2) is 41.1 Å². The number of methoxy groups -OCH3 is 1. The van der Waals surface area contributed by atoms with E-state index in [-0.39, 0.29) is 29.4 Å². The number of rotatable bonds is 5. The first-order valence-corrected chi connectivity index (χ1v) is 11.5. The van der Waals surface area contributed by atoms with Crippen LogP contribution in [0.1, 0.15) is 47.7 Å². The van der Waals surface area contributed by atoms with Crippen molar-refractivity contribution in [2.24, 2.45) is 17.1 Å². The standard InChI is InChI=1S/C26H25N7O3/c1-15-24(33(34)35)16(2)32(31-15)12-18-10-17(8-9-22(18)36-3)23-20-7-5-4-6-19(20)21(11-27)25(30)26(23,13-28)14-29/h6,8-10,20,23H,4-5,7,12,30H2,1-3H3/t20-,23-/m1/s1. The van der Waals surface area contributed by atoms with Gasteiger partial charge in [0.25, 0.3) is 0 Å². The maximum absolute atomic E-state index is 11.5. The van der Waals surface area contributed by atoms with Gasteiger partial charge in [-0.3, -0.25) is 14.8 Å². The number of nitro groups is 1. The predicted octanol–water partition coefficient (Wildman–Crippen LogP) is 4.06. The van der Waals surface area contributed by atoms with Gasteiger partial charge in [-0.2, -0.15) is 20.9 Å². The van der Waals surface area contributed by atoms with Crippen molar-refractivity contribution in [1.82, 2.24) is 9.78 Å². The summed E-state index contributed by atoms with van der Waals surface area (Å²) in [7, 11) is 1.53. The van der Waals surface area contributed by atoms with E-state index in [1.54, 1.807) is 24.6 Å². The molecule has 0 bridgehead atoms. The van der Waals surface area contributed by atoms with Crippen molar-refractivity contribution < 1.29 is 9.66 Å². The number of allylic oxidation sites excluding steroid dienone is 4. The molecule has 0 radical (unpaired) electrons. The molecular weight excluding hydrogens is 458 g/mol. The van der Waals surface area contributed by atoms with Gasteiger partial charge in [0.05, 0.1) is 42.0 Å². The van der Waals surface area contributed by atoms with Gasteiger partial charge in [0, 0.05) is 11.5 Å². The predicted molar refractivity (Wildman–Crippen MR) is 129 cm³/mol. The topological polar surface area (TPSA) is 168 Å². The van der Waals surface area contributed by atoms with Crippen LogP contribution in [-0.2, 0) is 6.54 Å². The van der Waals surface area contributed by atoms with Gasteiger partial charge in [-0.1, -0.05) is 12.1 Å². The van der Waals surface area contributed by atoms with Crippen molar-refractivity contribution >= 4 is 5.69 Å². The smallest absolute Gasteiger partial charge is 0.312 e. The van der Waals surface area contributed by atoms with Gasteiger partial charge in [-0.15, -0.1) is 0 Å². The Bertz CT molecular complexity index is 1430. The van der Waals surface area contributed by atoms with E-state index in [2.05, 4.69) is 23.3 Å². The van der Waals surface area contributed by atoms with Gasteiger partial charge in [-0.25, -0.2) is 0 Å². The zero-order chi connectivity index (χ0) is 26.2. The van der Waals surface area contributed by atoms with Crippen molar-refractivity contribution in [3.05, 3.63) is 73.7 Å². The molecule has 2 N–H and O–H groups in total. The van der Waals surface area contributed by atoms with E-state index in [4.69, 9.17) is 10.5 Å². The number of ether oxygens (including phenoxy) is 1. The quantitative estimate of drug-likeness (QED) is 0.490. The lowest BCUT2D eigenvalue weighted by Crippen LogP contribution is -2.42. The van der Waals surface area contributed by atoms with Crippen LogP contribution >= 0.6 is 0 Å². The maximum Gasteiger partial charge on any atom is 0.312 e. The largest absolute Gasteiger partial charge is 0.496 e. The highest BCUT2D eigenvalue weighted by molar-refractivity contribution is 5.59. The number of hydrogen-bond acceptors (Lipinski definition) is 8. The average Bonchev–Trinajstić information content (AvgIpc) is 3.15. The minimum Gasteiger partial charge on any atom is -0.496 e. The number of benzene rings is 1. The van der Waals surface area contributed by atoms with Gasteiger partial charge in [0.2, 0.25) is 0 Å². The van der Waals surface area contributed by atoms with Crippen molar-refractivity contribution in [3.8, 4) is 24.0 Å². The van der Waals surface area contributed by atoms with Gasteiger partial charge in [0.1, 0.15) is 23.2 Å². The van der Waals surface area contributed by atoms with Crippen LogP contribution in [0.2, 0.25) is 0 Å². The molecule has 2 aliphatic rings. The molecule has 182 valence electrons. The number of fused-ring (bicyclic) bond motifs is 1. The Morgan fingerprint density at radius 2 is 2.03 bits per heavy atom. The van der Waals surface area contributed by atoms with E-state index in [1.165, 1.54) is 7.11 Å². The van der Waals surface area contributed by atoms with Gasteiger partial charge in [-0.05, 0) is 62.3 Å². The fraction of sp³-hybridized carbons (Fsp3) is 0.385. The fourth-order valence-corrected chi connectivity index (χ4v) is 5.63. The van der Waals surface area contributed by atoms with Crippen molar-refractivity contribution in [2.75, 3.05) is 7.11 Å². The normalized spacial score (nSPS) is 20.4. The molecule has 1 heterocycles. The summed E-state index contributed by atoms with van der Waals surface area (Å²) >= 11 is 0. The van der Waals surface area contributed by atoms with Crippen LogP contribution in [-0.4, -0.2) is 21.8 Å². The zero-order valence-electron chi connectivity index (χ0n) is 20.3. The molecule has 1 aromatic carbocycles. The minimum absolute atomic E-state index is 0.0176. The number of nitriles is 3. The molecule has 0 unspecified atom stereocenters. The van der Waals surface area contributed by atoms with Crippen molar-refractivity contribution in [2.45, 2.75) is 45.6 Å². The molecule has 2 aliphatic carbocycles. The molecule has 0 saturated carbocycles. The number of hydrogen-bond donors (Lipinski definition) is 1. The van der Waals surface area contributed by atoms with Gasteiger partial charge < -0.3 is 10.5 Å². The molecule has 2 aromatic rings. The lowest BCUT2D eigenvalue weighted by atomic mass is 9.56. The molecular formula is C26H25N7O3. The highest BCUT2D eigenvalue weighted by Crippen LogP contribution is 2.56. The van der Waals surface area contributed by atoms with Gasteiger partial charge in [0.15, 0.2) is 5.41 Å². The fourth-order valence-electron chi connectivity index (χ4n) is 5.63. The maximum atomic E-state index is 11.5. The Morgan fingerprint density at radius 1 is 1.31 bits per heavy atom. The third kappa shape index (κ3) is 3.57. The molecule has 0 aliphatic heterocycles. The van der Waals surface area contributed by atoms with Crippen LogP contribution in [0.4, 0.5) is 5.69 Å². The molecule has 0 saturated heterocycles. The zero-order valence-corrected chi connectivity index (χ0v) is 20.3. The van der Waals surface area contributed by atoms with Crippen molar-refractivity contribution in [3.63, 3.8) is 0 Å². The lowest BCUT2D eigenvalue weighted by Gasteiger charge is -2.43. The molecule has 0 amide bonds. The SMILES string of the molecule is COc1ccc([C@@H]2[C@@H]3CCCC=C3C(C#N)=C(N)C2(C#N)C#N)cc1Cn1nc(C)c([N+](=O)[O-])c1C. The van der Waals surface area contributed by atoms with E-state index in [9.17, 15) is 25.9 Å². The molecule has 10 heteroatoms. The number of nitrogens with zero attached hydrogens (tertiary/aromatic N) is 6. The van der Waals surface area contributed by atoms with Crippen molar-refractivity contribution in [1.29, 1.82) is 15.8 Å². The third-order valence-corrected chi connectivity index (χ3v) is 7.31. The Balaban J connectivity index is 1.89. The summed E-state index contributed by atoms with van der Waals surface area (Å²) in [4.78, 5) is 11.0. The van der Waals surface area contributed by atoms with Crippen LogP contribution in [0.5, 0.6) is 5.75 Å². The summed E-state index contributed by atoms with van der Waals surface area (Å²) < 4.78 is 7.11. The van der Waals surface area contributed by atoms with Crippen LogP contribution in [0.3, 0.4) is 0 Å². The molecule has 0 spiro atoms. The second-order valence-electron chi connectivity index (χ2n) is 9.11. The summed E-state index contributed by atoms with van der Waals surface area (Å²) in [5, 5.41) is 46.2. The number of nitrogens with two attached hydrogens (primary N) is 1. The first-order chi connectivity index (χ1) is 17.2. The number of aryl methyl sites for hydroxylation is 1.